The Morgan fingerprint density at radius 1 is 1.32 bits per heavy atom. The molecule has 6 heteroatoms. The molecule has 0 bridgehead atoms. The molecule has 112 valence electrons. The van der Waals surface area contributed by atoms with Crippen LogP contribution in [0.1, 0.15) is 16.6 Å². The molecule has 0 aliphatic carbocycles. The topological polar surface area (TPSA) is 51.2 Å². The Kier molecular flexibility index (Phi) is 4.50. The molecule has 0 fully saturated rings. The van der Waals surface area contributed by atoms with Crippen LogP contribution in [0.2, 0.25) is 0 Å². The lowest BCUT2D eigenvalue weighted by Crippen LogP contribution is -2.10. The van der Waals surface area contributed by atoms with Gasteiger partial charge in [0.2, 0.25) is 0 Å². The van der Waals surface area contributed by atoms with Crippen LogP contribution in [0.5, 0.6) is 5.75 Å². The van der Waals surface area contributed by atoms with Gasteiger partial charge in [-0.15, -0.1) is 22.7 Å². The Balaban J connectivity index is 1.73. The van der Waals surface area contributed by atoms with Crippen molar-refractivity contribution in [1.29, 1.82) is 0 Å². The quantitative estimate of drug-likeness (QED) is 0.748. The number of carbonyl (C=O) groups excluding carboxylic acids is 1. The summed E-state index contributed by atoms with van der Waals surface area (Å²) in [6.07, 6.45) is 1.61. The number of hydrogen-bond acceptors (Lipinski definition) is 5. The van der Waals surface area contributed by atoms with Crippen molar-refractivity contribution in [1.82, 2.24) is 4.98 Å². The summed E-state index contributed by atoms with van der Waals surface area (Å²) in [5.41, 5.74) is 0.710. The van der Waals surface area contributed by atoms with E-state index < -0.39 is 0 Å². The fourth-order valence-corrected chi connectivity index (χ4v) is 3.53. The standard InChI is InChI=1S/C16H14N2O2S2/c1-2-20-12-6-3-5-11(9-12)18-15(19)14-10-17-16(22-14)13-7-4-8-21-13/h3-10H,2H2,1H3,(H,18,19). The van der Waals surface area contributed by atoms with Crippen LogP contribution in [0.15, 0.2) is 48.0 Å². The average molecular weight is 330 g/mol. The molecule has 1 amide bonds. The second-order valence-electron chi connectivity index (χ2n) is 4.42. The number of thiophene rings is 1. The molecule has 4 nitrogen and oxygen atoms in total. The molecule has 3 aromatic rings. The van der Waals surface area contributed by atoms with Crippen molar-refractivity contribution in [2.45, 2.75) is 6.92 Å². The molecular weight excluding hydrogens is 316 g/mol. The Morgan fingerprint density at radius 2 is 2.23 bits per heavy atom. The third kappa shape index (κ3) is 3.35. The smallest absolute Gasteiger partial charge is 0.267 e. The summed E-state index contributed by atoms with van der Waals surface area (Å²) in [6.45, 7) is 2.52. The van der Waals surface area contributed by atoms with Gasteiger partial charge in [-0.1, -0.05) is 12.1 Å². The van der Waals surface area contributed by atoms with Gasteiger partial charge >= 0.3 is 0 Å². The number of nitrogens with one attached hydrogen (secondary N) is 1. The van der Waals surface area contributed by atoms with Gasteiger partial charge in [-0.25, -0.2) is 4.98 Å². The van der Waals surface area contributed by atoms with Gasteiger partial charge in [-0.05, 0) is 30.5 Å². The largest absolute Gasteiger partial charge is 0.494 e. The molecule has 3 rings (SSSR count). The zero-order chi connectivity index (χ0) is 15.4. The highest BCUT2D eigenvalue weighted by Crippen LogP contribution is 2.29. The van der Waals surface area contributed by atoms with Crippen molar-refractivity contribution in [2.24, 2.45) is 0 Å². The number of thiazole rings is 1. The minimum absolute atomic E-state index is 0.158. The molecule has 1 aromatic carbocycles. The summed E-state index contributed by atoms with van der Waals surface area (Å²) >= 11 is 3.00. The van der Waals surface area contributed by atoms with Gasteiger partial charge in [-0.3, -0.25) is 4.79 Å². The van der Waals surface area contributed by atoms with E-state index in [9.17, 15) is 4.79 Å². The third-order valence-corrected chi connectivity index (χ3v) is 4.90. The number of carbonyl (C=O) groups is 1. The number of benzene rings is 1. The number of nitrogens with zero attached hydrogens (tertiary/aromatic N) is 1. The predicted molar refractivity (Wildman–Crippen MR) is 91.0 cm³/mol. The first-order valence-corrected chi connectivity index (χ1v) is 8.50. The first kappa shape index (κ1) is 14.7. The van der Waals surface area contributed by atoms with E-state index in [-0.39, 0.29) is 5.91 Å². The van der Waals surface area contributed by atoms with E-state index in [2.05, 4.69) is 10.3 Å². The number of hydrogen-bond donors (Lipinski definition) is 1. The Labute approximate surface area is 136 Å². The van der Waals surface area contributed by atoms with Crippen molar-refractivity contribution in [3.8, 4) is 15.6 Å². The van der Waals surface area contributed by atoms with Crippen LogP contribution in [0.25, 0.3) is 9.88 Å². The molecule has 0 saturated heterocycles. The molecule has 0 saturated carbocycles. The average Bonchev–Trinajstić information content (AvgIpc) is 3.19. The molecule has 0 aliphatic rings. The van der Waals surface area contributed by atoms with E-state index >= 15 is 0 Å². The fourth-order valence-electron chi connectivity index (χ4n) is 1.92. The molecule has 0 aliphatic heterocycles. The predicted octanol–water partition coefficient (Wildman–Crippen LogP) is 4.52. The van der Waals surface area contributed by atoms with Crippen LogP contribution in [0.3, 0.4) is 0 Å². The number of amides is 1. The maximum absolute atomic E-state index is 12.3. The van der Waals surface area contributed by atoms with Crippen molar-refractivity contribution in [3.05, 3.63) is 52.9 Å². The highest BCUT2D eigenvalue weighted by atomic mass is 32.1. The van der Waals surface area contributed by atoms with Gasteiger partial charge in [0.25, 0.3) is 5.91 Å². The SMILES string of the molecule is CCOc1cccc(NC(=O)c2cnc(-c3cccs3)s2)c1. The molecule has 22 heavy (non-hydrogen) atoms. The van der Waals surface area contributed by atoms with E-state index in [1.54, 1.807) is 17.5 Å². The maximum atomic E-state index is 12.3. The Morgan fingerprint density at radius 3 is 3.00 bits per heavy atom. The molecule has 0 unspecified atom stereocenters. The highest BCUT2D eigenvalue weighted by molar-refractivity contribution is 7.22. The van der Waals surface area contributed by atoms with Crippen molar-refractivity contribution in [2.75, 3.05) is 11.9 Å². The van der Waals surface area contributed by atoms with Gasteiger partial charge in [0, 0.05) is 11.8 Å². The molecular formula is C16H14N2O2S2. The van der Waals surface area contributed by atoms with E-state index in [0.717, 1.165) is 15.6 Å². The lowest BCUT2D eigenvalue weighted by atomic mass is 10.3. The molecule has 2 heterocycles. The Bertz CT molecular complexity index is 766. The number of aromatic nitrogens is 1. The summed E-state index contributed by atoms with van der Waals surface area (Å²) in [7, 11) is 0. The zero-order valence-corrected chi connectivity index (χ0v) is 13.5. The van der Waals surface area contributed by atoms with Gasteiger partial charge in [-0.2, -0.15) is 0 Å². The first-order chi connectivity index (χ1) is 10.8. The molecule has 0 spiro atoms. The summed E-state index contributed by atoms with van der Waals surface area (Å²) in [6, 6.07) is 11.3. The van der Waals surface area contributed by atoms with E-state index in [1.165, 1.54) is 11.3 Å². The fraction of sp³-hybridized carbons (Fsp3) is 0.125. The summed E-state index contributed by atoms with van der Waals surface area (Å²) in [5, 5.41) is 5.73. The number of ether oxygens (including phenoxy) is 1. The second kappa shape index (κ2) is 6.72. The molecule has 0 radical (unpaired) electrons. The normalized spacial score (nSPS) is 10.4. The minimum atomic E-state index is -0.158. The number of anilines is 1. The molecule has 1 N–H and O–H groups in total. The molecule has 2 aromatic heterocycles. The zero-order valence-electron chi connectivity index (χ0n) is 11.9. The lowest BCUT2D eigenvalue weighted by Gasteiger charge is -2.06. The van der Waals surface area contributed by atoms with E-state index in [4.69, 9.17) is 4.74 Å². The maximum Gasteiger partial charge on any atom is 0.267 e. The number of rotatable bonds is 5. The van der Waals surface area contributed by atoms with Crippen molar-refractivity contribution < 1.29 is 9.53 Å². The molecule has 0 atom stereocenters. The van der Waals surface area contributed by atoms with Gasteiger partial charge in [0.05, 0.1) is 17.7 Å². The van der Waals surface area contributed by atoms with Crippen molar-refractivity contribution >= 4 is 34.3 Å². The first-order valence-electron chi connectivity index (χ1n) is 6.80. The Hall–Kier alpha value is -2.18. The minimum Gasteiger partial charge on any atom is -0.494 e. The van der Waals surface area contributed by atoms with Crippen LogP contribution in [-0.4, -0.2) is 17.5 Å². The van der Waals surface area contributed by atoms with Gasteiger partial charge in [0.1, 0.15) is 15.6 Å². The van der Waals surface area contributed by atoms with Gasteiger partial charge in [0.15, 0.2) is 0 Å². The monoisotopic (exact) mass is 330 g/mol. The van der Waals surface area contributed by atoms with Crippen LogP contribution < -0.4 is 10.1 Å². The third-order valence-electron chi connectivity index (χ3n) is 2.86. The van der Waals surface area contributed by atoms with Crippen LogP contribution in [-0.2, 0) is 0 Å². The van der Waals surface area contributed by atoms with Crippen LogP contribution in [0, 0.1) is 0 Å². The second-order valence-corrected chi connectivity index (χ2v) is 6.40. The summed E-state index contributed by atoms with van der Waals surface area (Å²) < 4.78 is 5.43. The lowest BCUT2D eigenvalue weighted by molar-refractivity contribution is 0.103. The van der Waals surface area contributed by atoms with E-state index in [0.29, 0.717) is 17.2 Å². The van der Waals surface area contributed by atoms with Crippen molar-refractivity contribution in [3.63, 3.8) is 0 Å². The summed E-state index contributed by atoms with van der Waals surface area (Å²) in [5.74, 6) is 0.581. The summed E-state index contributed by atoms with van der Waals surface area (Å²) in [4.78, 5) is 18.3. The highest BCUT2D eigenvalue weighted by Gasteiger charge is 2.12. The van der Waals surface area contributed by atoms with Crippen LogP contribution in [0.4, 0.5) is 5.69 Å². The van der Waals surface area contributed by atoms with E-state index in [1.807, 2.05) is 48.7 Å². The van der Waals surface area contributed by atoms with Crippen LogP contribution >= 0.6 is 22.7 Å². The van der Waals surface area contributed by atoms with Gasteiger partial charge < -0.3 is 10.1 Å².